The number of para-hydroxylation sites is 1. The molecule has 0 amide bonds. The van der Waals surface area contributed by atoms with E-state index in [9.17, 15) is 5.11 Å². The van der Waals surface area contributed by atoms with Gasteiger partial charge in [-0.2, -0.15) is 0 Å². The van der Waals surface area contributed by atoms with Gasteiger partial charge < -0.3 is 4.98 Å². The minimum absolute atomic E-state index is 0.0563. The van der Waals surface area contributed by atoms with Gasteiger partial charge in [-0.25, -0.2) is 10.1 Å². The molecule has 2 rings (SSSR count). The van der Waals surface area contributed by atoms with Gasteiger partial charge in [-0.05, 0) is 30.7 Å². The molecule has 0 saturated carbocycles. The van der Waals surface area contributed by atoms with Crippen molar-refractivity contribution in [1.29, 1.82) is 0 Å². The molecule has 16 heavy (non-hydrogen) atoms. The second-order valence-corrected chi connectivity index (χ2v) is 4.80. The number of nitrogens with zero attached hydrogens (tertiary/aromatic N) is 1. The van der Waals surface area contributed by atoms with Gasteiger partial charge in [0.05, 0.1) is 24.0 Å². The molecule has 2 aromatic rings. The first-order valence-electron chi connectivity index (χ1n) is 5.55. The van der Waals surface area contributed by atoms with Crippen LogP contribution in [0.25, 0.3) is 11.0 Å². The van der Waals surface area contributed by atoms with Crippen LogP contribution in [0.5, 0.6) is 0 Å². The van der Waals surface area contributed by atoms with E-state index in [1.165, 1.54) is 4.90 Å². The lowest BCUT2D eigenvalue weighted by Crippen LogP contribution is -1.85. The molecule has 0 unspecified atom stereocenters. The van der Waals surface area contributed by atoms with Crippen LogP contribution in [0.3, 0.4) is 0 Å². The zero-order valence-corrected chi connectivity index (χ0v) is 9.93. The molecule has 1 aromatic carbocycles. The fourth-order valence-corrected chi connectivity index (χ4v) is 2.67. The van der Waals surface area contributed by atoms with Crippen LogP contribution in [0.2, 0.25) is 0 Å². The Bertz CT molecular complexity index is 441. The van der Waals surface area contributed by atoms with Crippen LogP contribution in [-0.4, -0.2) is 22.3 Å². The van der Waals surface area contributed by atoms with E-state index in [0.717, 1.165) is 36.0 Å². The van der Waals surface area contributed by atoms with Gasteiger partial charge in [-0.3, -0.25) is 0 Å². The van der Waals surface area contributed by atoms with Crippen molar-refractivity contribution in [2.75, 3.05) is 12.4 Å². The van der Waals surface area contributed by atoms with Crippen molar-refractivity contribution in [2.45, 2.75) is 24.2 Å². The lowest BCUT2D eigenvalue weighted by Gasteiger charge is -2.02. The van der Waals surface area contributed by atoms with Gasteiger partial charge in [0.2, 0.25) is 0 Å². The van der Waals surface area contributed by atoms with Crippen molar-refractivity contribution in [2.24, 2.45) is 0 Å². The molecule has 85 valence electrons. The van der Waals surface area contributed by atoms with Crippen molar-refractivity contribution < 1.29 is 5.11 Å². The van der Waals surface area contributed by atoms with E-state index < -0.39 is 0 Å². The Labute approximate surface area is 99.3 Å². The van der Waals surface area contributed by atoms with E-state index in [1.807, 2.05) is 23.9 Å². The summed E-state index contributed by atoms with van der Waals surface area (Å²) in [4.78, 5) is 8.63. The molecule has 1 N–H and O–H groups in total. The smallest absolute Gasteiger partial charge is 0.0932 e. The largest absolute Gasteiger partial charge is 0.344 e. The molecule has 4 heteroatoms. The van der Waals surface area contributed by atoms with Crippen molar-refractivity contribution in [3.8, 4) is 0 Å². The Morgan fingerprint density at radius 1 is 1.25 bits per heavy atom. The Morgan fingerprint density at radius 3 is 3.06 bits per heavy atom. The zero-order valence-electron chi connectivity index (χ0n) is 9.11. The molecule has 0 bridgehead atoms. The average molecular weight is 235 g/mol. The first-order valence-corrected chi connectivity index (χ1v) is 6.53. The van der Waals surface area contributed by atoms with E-state index in [4.69, 9.17) is 0 Å². The number of nitrogens with one attached hydrogen (secondary N) is 1. The number of fused-ring (bicyclic) bond motifs is 1. The molecule has 0 aliphatic heterocycles. The summed E-state index contributed by atoms with van der Waals surface area (Å²) >= 11 is 1.83. The standard InChI is InChI=1S/C12H15N2OS/c15-7-2-1-3-8-16-11-6-4-5-10-12(11)14-9-13-10/h4-6,9H,1-3,7-8H2,(H,13,14). The normalized spacial score (nSPS) is 11.1. The fourth-order valence-electron chi connectivity index (χ4n) is 1.62. The predicted octanol–water partition coefficient (Wildman–Crippen LogP) is 3.26. The van der Waals surface area contributed by atoms with E-state index in [2.05, 4.69) is 16.0 Å². The van der Waals surface area contributed by atoms with Crippen molar-refractivity contribution in [3.05, 3.63) is 24.5 Å². The molecule has 1 aromatic heterocycles. The Hall–Kier alpha value is -1.00. The number of thioether (sulfide) groups is 1. The molecule has 0 aliphatic carbocycles. The van der Waals surface area contributed by atoms with Crippen LogP contribution in [-0.2, 0) is 5.11 Å². The monoisotopic (exact) mass is 235 g/mol. The second kappa shape index (κ2) is 5.92. The number of benzene rings is 1. The maximum Gasteiger partial charge on any atom is 0.0932 e. The summed E-state index contributed by atoms with van der Waals surface area (Å²) in [5.74, 6) is 1.07. The van der Waals surface area contributed by atoms with Crippen molar-refractivity contribution >= 4 is 22.8 Å². The van der Waals surface area contributed by atoms with Crippen LogP contribution in [0.15, 0.2) is 29.4 Å². The third-order valence-corrected chi connectivity index (χ3v) is 3.61. The highest BCUT2D eigenvalue weighted by molar-refractivity contribution is 7.99. The highest BCUT2D eigenvalue weighted by Crippen LogP contribution is 2.26. The van der Waals surface area contributed by atoms with Crippen molar-refractivity contribution in [3.63, 3.8) is 0 Å². The maximum atomic E-state index is 10.3. The van der Waals surface area contributed by atoms with E-state index in [0.29, 0.717) is 0 Å². The lowest BCUT2D eigenvalue weighted by molar-refractivity contribution is 0.186. The number of imidazole rings is 1. The first kappa shape index (κ1) is 11.5. The number of H-pyrrole nitrogens is 1. The van der Waals surface area contributed by atoms with E-state index >= 15 is 0 Å². The maximum absolute atomic E-state index is 10.3. The van der Waals surface area contributed by atoms with Crippen LogP contribution < -0.4 is 0 Å². The minimum Gasteiger partial charge on any atom is -0.344 e. The number of unbranched alkanes of at least 4 members (excludes halogenated alkanes) is 2. The SMILES string of the molecule is [O]CCCCCSc1cccc2nc[nH]c12. The molecular formula is C12H15N2OS. The summed E-state index contributed by atoms with van der Waals surface area (Å²) in [7, 11) is 0. The minimum atomic E-state index is 0.0563. The zero-order chi connectivity index (χ0) is 11.2. The van der Waals surface area contributed by atoms with Crippen LogP contribution in [0, 0.1) is 0 Å². The van der Waals surface area contributed by atoms with Gasteiger partial charge in [0.15, 0.2) is 0 Å². The van der Waals surface area contributed by atoms with E-state index in [-0.39, 0.29) is 6.61 Å². The quantitative estimate of drug-likeness (QED) is 0.617. The van der Waals surface area contributed by atoms with Gasteiger partial charge >= 0.3 is 0 Å². The fraction of sp³-hybridized carbons (Fsp3) is 0.417. The Morgan fingerprint density at radius 2 is 2.19 bits per heavy atom. The molecule has 1 radical (unpaired) electrons. The van der Waals surface area contributed by atoms with Gasteiger partial charge in [0, 0.05) is 4.90 Å². The summed E-state index contributed by atoms with van der Waals surface area (Å²) < 4.78 is 0. The number of aromatic nitrogens is 2. The molecule has 0 spiro atoms. The highest BCUT2D eigenvalue weighted by atomic mass is 32.2. The summed E-state index contributed by atoms with van der Waals surface area (Å²) in [6.07, 6.45) is 4.67. The third-order valence-electron chi connectivity index (χ3n) is 2.46. The Balaban J connectivity index is 1.91. The summed E-state index contributed by atoms with van der Waals surface area (Å²) in [5.41, 5.74) is 2.14. The number of hydrogen-bond donors (Lipinski definition) is 1. The molecule has 0 aliphatic rings. The average Bonchev–Trinajstić information content (AvgIpc) is 2.77. The third kappa shape index (κ3) is 2.77. The summed E-state index contributed by atoms with van der Waals surface area (Å²) in [5, 5.41) is 10.3. The van der Waals surface area contributed by atoms with Crippen LogP contribution in [0.4, 0.5) is 0 Å². The van der Waals surface area contributed by atoms with Crippen LogP contribution >= 0.6 is 11.8 Å². The molecule has 1 heterocycles. The van der Waals surface area contributed by atoms with Crippen molar-refractivity contribution in [1.82, 2.24) is 9.97 Å². The van der Waals surface area contributed by atoms with E-state index in [1.54, 1.807) is 6.33 Å². The number of hydrogen-bond acceptors (Lipinski definition) is 2. The Kier molecular flexibility index (Phi) is 4.25. The molecule has 0 fully saturated rings. The topological polar surface area (TPSA) is 48.6 Å². The molecule has 0 saturated heterocycles. The lowest BCUT2D eigenvalue weighted by atomic mass is 10.3. The highest BCUT2D eigenvalue weighted by Gasteiger charge is 2.02. The van der Waals surface area contributed by atoms with Gasteiger partial charge in [-0.1, -0.05) is 12.5 Å². The molecule has 0 atom stereocenters. The van der Waals surface area contributed by atoms with Gasteiger partial charge in [-0.15, -0.1) is 11.8 Å². The summed E-state index contributed by atoms with van der Waals surface area (Å²) in [6.45, 7) is 0.0563. The number of rotatable bonds is 6. The van der Waals surface area contributed by atoms with Gasteiger partial charge in [0.1, 0.15) is 0 Å². The second-order valence-electron chi connectivity index (χ2n) is 3.67. The predicted molar refractivity (Wildman–Crippen MR) is 66.2 cm³/mol. The van der Waals surface area contributed by atoms with Gasteiger partial charge in [0.25, 0.3) is 0 Å². The molecule has 3 nitrogen and oxygen atoms in total. The first-order chi connectivity index (χ1) is 7.92. The summed E-state index contributed by atoms with van der Waals surface area (Å²) in [6, 6.07) is 6.15. The molecular weight excluding hydrogens is 220 g/mol. The number of aromatic amines is 1. The van der Waals surface area contributed by atoms with Crippen LogP contribution in [0.1, 0.15) is 19.3 Å².